The lowest BCUT2D eigenvalue weighted by Crippen LogP contribution is -2.43. The molecule has 0 amide bonds. The number of hydrogen-bond acceptors (Lipinski definition) is 3. The van der Waals surface area contributed by atoms with Crippen LogP contribution >= 0.6 is 0 Å². The van der Waals surface area contributed by atoms with E-state index in [0.29, 0.717) is 12.0 Å². The predicted octanol–water partition coefficient (Wildman–Crippen LogP) is 2.75. The maximum atomic E-state index is 6.32. The van der Waals surface area contributed by atoms with E-state index in [-0.39, 0.29) is 0 Å². The summed E-state index contributed by atoms with van der Waals surface area (Å²) in [6.45, 7) is 10.0. The minimum absolute atomic E-state index is 0.377. The summed E-state index contributed by atoms with van der Waals surface area (Å²) in [7, 11) is 2.00. The van der Waals surface area contributed by atoms with Crippen molar-refractivity contribution in [3.8, 4) is 0 Å². The monoisotopic (exact) mass is 250 g/mol. The van der Waals surface area contributed by atoms with Crippen LogP contribution in [0, 0.1) is 5.92 Å². The molecule has 1 aromatic rings. The van der Waals surface area contributed by atoms with Gasteiger partial charge in [-0.3, -0.25) is 4.68 Å². The molecule has 1 aliphatic rings. The molecule has 0 spiro atoms. The fourth-order valence-electron chi connectivity index (χ4n) is 2.95. The first-order chi connectivity index (χ1) is 8.43. The first kappa shape index (κ1) is 13.2. The molecule has 0 radical (unpaired) electrons. The van der Waals surface area contributed by atoms with Crippen LogP contribution in [0.1, 0.15) is 52.1 Å². The van der Waals surface area contributed by atoms with E-state index < -0.39 is 0 Å². The van der Waals surface area contributed by atoms with Crippen molar-refractivity contribution in [2.75, 3.05) is 17.2 Å². The van der Waals surface area contributed by atoms with Crippen LogP contribution in [0.25, 0.3) is 0 Å². The Morgan fingerprint density at radius 3 is 2.56 bits per heavy atom. The van der Waals surface area contributed by atoms with Gasteiger partial charge >= 0.3 is 0 Å². The molecule has 18 heavy (non-hydrogen) atoms. The van der Waals surface area contributed by atoms with Gasteiger partial charge in [-0.1, -0.05) is 20.8 Å². The Bertz CT molecular complexity index is 422. The third kappa shape index (κ3) is 2.08. The van der Waals surface area contributed by atoms with Gasteiger partial charge in [-0.25, -0.2) is 0 Å². The fraction of sp³-hybridized carbons (Fsp3) is 0.786. The summed E-state index contributed by atoms with van der Waals surface area (Å²) in [5, 5.41) is 4.59. The van der Waals surface area contributed by atoms with Crippen LogP contribution in [0.15, 0.2) is 0 Å². The lowest BCUT2D eigenvalue weighted by Gasteiger charge is -2.39. The first-order valence-corrected chi connectivity index (χ1v) is 7.02. The van der Waals surface area contributed by atoms with Crippen molar-refractivity contribution in [1.82, 2.24) is 9.78 Å². The second-order valence-corrected chi connectivity index (χ2v) is 5.95. The number of rotatable bonds is 2. The molecule has 1 aliphatic heterocycles. The van der Waals surface area contributed by atoms with Gasteiger partial charge < -0.3 is 10.6 Å². The largest absolute Gasteiger partial charge is 0.394 e. The maximum absolute atomic E-state index is 6.32. The summed E-state index contributed by atoms with van der Waals surface area (Å²) >= 11 is 0. The number of hydrogen-bond donors (Lipinski definition) is 1. The van der Waals surface area contributed by atoms with E-state index in [1.807, 2.05) is 11.7 Å². The van der Waals surface area contributed by atoms with Gasteiger partial charge in [0.2, 0.25) is 0 Å². The maximum Gasteiger partial charge on any atom is 0.150 e. The highest BCUT2D eigenvalue weighted by atomic mass is 15.4. The lowest BCUT2D eigenvalue weighted by atomic mass is 9.92. The zero-order valence-corrected chi connectivity index (χ0v) is 12.3. The zero-order valence-electron chi connectivity index (χ0n) is 12.3. The molecule has 2 rings (SSSR count). The van der Waals surface area contributed by atoms with Gasteiger partial charge in [0.1, 0.15) is 0 Å². The van der Waals surface area contributed by atoms with Gasteiger partial charge in [0.15, 0.2) is 5.82 Å². The highest BCUT2D eigenvalue weighted by molar-refractivity contribution is 5.67. The minimum atomic E-state index is 0.377. The van der Waals surface area contributed by atoms with Gasteiger partial charge in [-0.05, 0) is 31.6 Å². The van der Waals surface area contributed by atoms with Crippen LogP contribution in [0.3, 0.4) is 0 Å². The van der Waals surface area contributed by atoms with Crippen molar-refractivity contribution in [2.45, 2.75) is 52.5 Å². The Labute approximate surface area is 110 Å². The van der Waals surface area contributed by atoms with Gasteiger partial charge in [-0.15, -0.1) is 0 Å². The van der Waals surface area contributed by atoms with E-state index >= 15 is 0 Å². The van der Waals surface area contributed by atoms with Crippen LogP contribution in [-0.4, -0.2) is 22.4 Å². The summed E-state index contributed by atoms with van der Waals surface area (Å²) in [6, 6.07) is 0.538. The van der Waals surface area contributed by atoms with Crippen LogP contribution in [0.5, 0.6) is 0 Å². The third-order valence-corrected chi connectivity index (χ3v) is 4.27. The summed E-state index contributed by atoms with van der Waals surface area (Å²) in [5.41, 5.74) is 8.21. The Balaban J connectivity index is 2.38. The number of nitrogens with two attached hydrogens (primary N) is 1. The minimum Gasteiger partial charge on any atom is -0.394 e. The van der Waals surface area contributed by atoms with Crippen molar-refractivity contribution in [1.29, 1.82) is 0 Å². The molecule has 2 N–H and O–H groups in total. The van der Waals surface area contributed by atoms with Gasteiger partial charge in [0.05, 0.1) is 11.4 Å². The molecule has 102 valence electrons. The van der Waals surface area contributed by atoms with E-state index in [2.05, 4.69) is 37.7 Å². The van der Waals surface area contributed by atoms with Crippen LogP contribution in [0.2, 0.25) is 0 Å². The molecule has 0 bridgehead atoms. The fourth-order valence-corrected chi connectivity index (χ4v) is 2.95. The molecular weight excluding hydrogens is 224 g/mol. The van der Waals surface area contributed by atoms with Gasteiger partial charge in [0, 0.05) is 19.6 Å². The number of nitrogens with zero attached hydrogens (tertiary/aromatic N) is 3. The average molecular weight is 250 g/mol. The van der Waals surface area contributed by atoms with Crippen molar-refractivity contribution in [2.24, 2.45) is 13.0 Å². The Morgan fingerprint density at radius 2 is 2.00 bits per heavy atom. The van der Waals surface area contributed by atoms with E-state index in [4.69, 9.17) is 5.73 Å². The highest BCUT2D eigenvalue weighted by Gasteiger charge is 2.29. The van der Waals surface area contributed by atoms with Crippen molar-refractivity contribution in [3.05, 3.63) is 5.69 Å². The number of aryl methyl sites for hydroxylation is 1. The first-order valence-electron chi connectivity index (χ1n) is 7.02. The molecule has 1 aromatic heterocycles. The molecule has 4 nitrogen and oxygen atoms in total. The van der Waals surface area contributed by atoms with Crippen molar-refractivity contribution >= 4 is 11.5 Å². The Kier molecular flexibility index (Phi) is 3.55. The molecule has 2 atom stereocenters. The molecular formula is C14H26N4. The number of aromatic nitrogens is 2. The summed E-state index contributed by atoms with van der Waals surface area (Å²) < 4.78 is 1.96. The molecule has 0 aliphatic carbocycles. The molecule has 2 unspecified atom stereocenters. The molecule has 2 heterocycles. The second-order valence-electron chi connectivity index (χ2n) is 5.95. The lowest BCUT2D eigenvalue weighted by molar-refractivity contribution is 0.359. The summed E-state index contributed by atoms with van der Waals surface area (Å²) in [5.74, 6) is 2.20. The van der Waals surface area contributed by atoms with Crippen LogP contribution in [-0.2, 0) is 7.05 Å². The van der Waals surface area contributed by atoms with Crippen molar-refractivity contribution in [3.63, 3.8) is 0 Å². The predicted molar refractivity (Wildman–Crippen MR) is 76.9 cm³/mol. The number of nitrogen functional groups attached to an aromatic ring is 1. The van der Waals surface area contributed by atoms with Crippen molar-refractivity contribution < 1.29 is 0 Å². The highest BCUT2D eigenvalue weighted by Crippen LogP contribution is 2.35. The molecule has 1 saturated heterocycles. The Hall–Kier alpha value is -1.19. The quantitative estimate of drug-likeness (QED) is 0.878. The van der Waals surface area contributed by atoms with Gasteiger partial charge in [0.25, 0.3) is 0 Å². The summed E-state index contributed by atoms with van der Waals surface area (Å²) in [4.78, 5) is 2.43. The summed E-state index contributed by atoms with van der Waals surface area (Å²) in [6.07, 6.45) is 2.56. The smallest absolute Gasteiger partial charge is 0.150 e. The SMILES string of the molecule is CC(C)c1nn(C)c(N2CCCC(C)C2C)c1N. The van der Waals surface area contributed by atoms with E-state index in [1.165, 1.54) is 12.8 Å². The van der Waals surface area contributed by atoms with Gasteiger partial charge in [-0.2, -0.15) is 5.10 Å². The number of anilines is 2. The van der Waals surface area contributed by atoms with E-state index in [0.717, 1.165) is 29.7 Å². The molecule has 0 aromatic carbocycles. The molecule has 0 saturated carbocycles. The van der Waals surface area contributed by atoms with Crippen LogP contribution < -0.4 is 10.6 Å². The van der Waals surface area contributed by atoms with E-state index in [9.17, 15) is 0 Å². The zero-order chi connectivity index (χ0) is 13.4. The standard InChI is InChI=1S/C14H26N4/c1-9(2)13-12(15)14(17(5)16-13)18-8-6-7-10(3)11(18)4/h9-11H,6-8,15H2,1-5H3. The normalized spacial score (nSPS) is 24.9. The topological polar surface area (TPSA) is 47.1 Å². The average Bonchev–Trinajstić information content (AvgIpc) is 2.59. The Morgan fingerprint density at radius 1 is 1.33 bits per heavy atom. The third-order valence-electron chi connectivity index (χ3n) is 4.27. The number of piperidine rings is 1. The second kappa shape index (κ2) is 4.82. The van der Waals surface area contributed by atoms with E-state index in [1.54, 1.807) is 0 Å². The molecule has 1 fully saturated rings. The molecule has 4 heteroatoms. The van der Waals surface area contributed by atoms with Crippen LogP contribution in [0.4, 0.5) is 11.5 Å².